The van der Waals surface area contributed by atoms with Crippen LogP contribution in [0.4, 0.5) is 0 Å². The fourth-order valence-electron chi connectivity index (χ4n) is 2.23. The van der Waals surface area contributed by atoms with E-state index in [-0.39, 0.29) is 6.04 Å². The average Bonchev–Trinajstić information content (AvgIpc) is 2.92. The molecule has 4 nitrogen and oxygen atoms in total. The third-order valence-electron chi connectivity index (χ3n) is 3.30. The van der Waals surface area contributed by atoms with E-state index in [4.69, 9.17) is 10.3 Å². The minimum atomic E-state index is -0.0997. The lowest BCUT2D eigenvalue weighted by Crippen LogP contribution is -2.10. The second-order valence-corrected chi connectivity index (χ2v) is 4.73. The Morgan fingerprint density at radius 3 is 2.85 bits per heavy atom. The maximum Gasteiger partial charge on any atom is 0.185 e. The molecule has 0 fully saturated rings. The summed E-state index contributed by atoms with van der Waals surface area (Å²) in [5, 5.41) is 4.99. The van der Waals surface area contributed by atoms with E-state index in [0.717, 1.165) is 22.2 Å². The van der Waals surface area contributed by atoms with E-state index in [1.54, 1.807) is 12.4 Å². The number of nitrogens with two attached hydrogens (primary N) is 1. The summed E-state index contributed by atoms with van der Waals surface area (Å²) in [6, 6.07) is 11.7. The molecule has 2 heterocycles. The van der Waals surface area contributed by atoms with Crippen LogP contribution in [0.15, 0.2) is 59.9 Å². The number of rotatable bonds is 4. The van der Waals surface area contributed by atoms with Crippen molar-refractivity contribution in [2.75, 3.05) is 0 Å². The second kappa shape index (κ2) is 5.27. The Hall–Kier alpha value is -2.46. The predicted octanol–water partition coefficient (Wildman–Crippen LogP) is 3.33. The summed E-state index contributed by atoms with van der Waals surface area (Å²) in [5.74, 6) is 0. The van der Waals surface area contributed by atoms with Crippen LogP contribution in [0.2, 0.25) is 0 Å². The Balaban J connectivity index is 1.83. The van der Waals surface area contributed by atoms with Crippen LogP contribution in [0.25, 0.3) is 16.5 Å². The second-order valence-electron chi connectivity index (χ2n) is 4.73. The minimum absolute atomic E-state index is 0.0997. The van der Waals surface area contributed by atoms with Gasteiger partial charge in [-0.3, -0.25) is 4.98 Å². The lowest BCUT2D eigenvalue weighted by molar-refractivity contribution is 0.452. The van der Waals surface area contributed by atoms with Gasteiger partial charge in [0.1, 0.15) is 5.69 Å². The van der Waals surface area contributed by atoms with Crippen molar-refractivity contribution in [1.82, 2.24) is 10.1 Å². The number of fused-ring (bicyclic) bond motifs is 1. The highest BCUT2D eigenvalue weighted by atomic mass is 16.5. The van der Waals surface area contributed by atoms with Gasteiger partial charge in [0.05, 0.1) is 11.6 Å². The molecular formula is C16H15N3O. The van der Waals surface area contributed by atoms with Crippen LogP contribution < -0.4 is 5.73 Å². The summed E-state index contributed by atoms with van der Waals surface area (Å²) < 4.78 is 5.24. The first-order valence-electron chi connectivity index (χ1n) is 6.44. The smallest absolute Gasteiger partial charge is 0.185 e. The van der Waals surface area contributed by atoms with Crippen LogP contribution in [-0.2, 0) is 0 Å². The summed E-state index contributed by atoms with van der Waals surface area (Å²) >= 11 is 0. The van der Waals surface area contributed by atoms with Gasteiger partial charge >= 0.3 is 0 Å². The molecule has 2 aromatic heterocycles. The molecule has 4 heteroatoms. The molecule has 20 heavy (non-hydrogen) atoms. The molecule has 0 spiro atoms. The molecule has 1 atom stereocenters. The molecule has 100 valence electrons. The van der Waals surface area contributed by atoms with E-state index in [1.807, 2.05) is 36.4 Å². The van der Waals surface area contributed by atoms with Gasteiger partial charge < -0.3 is 10.3 Å². The van der Waals surface area contributed by atoms with E-state index in [0.29, 0.717) is 12.0 Å². The normalized spacial score (nSPS) is 12.4. The number of pyridine rings is 1. The van der Waals surface area contributed by atoms with Gasteiger partial charge in [-0.1, -0.05) is 42.1 Å². The maximum absolute atomic E-state index is 6.21. The molecule has 1 aromatic carbocycles. The first kappa shape index (κ1) is 12.6. The Morgan fingerprint density at radius 2 is 2.05 bits per heavy atom. The topological polar surface area (TPSA) is 64.9 Å². The molecule has 2 N–H and O–H groups in total. The molecule has 0 bridgehead atoms. The van der Waals surface area contributed by atoms with Gasteiger partial charge in [-0.2, -0.15) is 0 Å². The van der Waals surface area contributed by atoms with Gasteiger partial charge in [-0.15, -0.1) is 0 Å². The van der Waals surface area contributed by atoms with Crippen molar-refractivity contribution < 1.29 is 4.52 Å². The molecule has 0 saturated carbocycles. The number of benzene rings is 1. The van der Waals surface area contributed by atoms with Crippen LogP contribution in [0.5, 0.6) is 0 Å². The minimum Gasteiger partial charge on any atom is -0.354 e. The van der Waals surface area contributed by atoms with Gasteiger partial charge in [0.15, 0.2) is 5.58 Å². The summed E-state index contributed by atoms with van der Waals surface area (Å²) in [5.41, 5.74) is 9.59. The quantitative estimate of drug-likeness (QED) is 0.785. The third-order valence-corrected chi connectivity index (χ3v) is 3.30. The largest absolute Gasteiger partial charge is 0.354 e. The standard InChI is InChI=1S/C16H15N3O/c1-11(9-14(17)12-5-3-2-4-6-12)16-13-7-8-18-10-15(13)20-19-16/h2-8,10,14H,1,9,17H2. The van der Waals surface area contributed by atoms with E-state index in [2.05, 4.69) is 16.7 Å². The lowest BCUT2D eigenvalue weighted by Gasteiger charge is -2.12. The van der Waals surface area contributed by atoms with Crippen LogP contribution >= 0.6 is 0 Å². The number of nitrogens with zero attached hydrogens (tertiary/aromatic N) is 2. The zero-order chi connectivity index (χ0) is 13.9. The summed E-state index contributed by atoms with van der Waals surface area (Å²) in [6.45, 7) is 4.09. The van der Waals surface area contributed by atoms with Crippen molar-refractivity contribution in [3.63, 3.8) is 0 Å². The zero-order valence-corrected chi connectivity index (χ0v) is 11.0. The van der Waals surface area contributed by atoms with Crippen molar-refractivity contribution >= 4 is 16.5 Å². The Bertz CT molecular complexity index is 734. The molecule has 0 radical (unpaired) electrons. The van der Waals surface area contributed by atoms with Gasteiger partial charge in [0.2, 0.25) is 0 Å². The first-order valence-corrected chi connectivity index (χ1v) is 6.44. The van der Waals surface area contributed by atoms with Gasteiger partial charge in [-0.05, 0) is 23.6 Å². The van der Waals surface area contributed by atoms with E-state index < -0.39 is 0 Å². The van der Waals surface area contributed by atoms with Crippen LogP contribution in [0.1, 0.15) is 23.7 Å². The van der Waals surface area contributed by atoms with E-state index >= 15 is 0 Å². The van der Waals surface area contributed by atoms with Crippen LogP contribution in [0, 0.1) is 0 Å². The molecule has 0 aliphatic carbocycles. The molecule has 0 aliphatic rings. The molecule has 0 amide bonds. The third kappa shape index (κ3) is 2.33. The number of aromatic nitrogens is 2. The van der Waals surface area contributed by atoms with Crippen molar-refractivity contribution in [2.45, 2.75) is 12.5 Å². The summed E-state index contributed by atoms with van der Waals surface area (Å²) in [7, 11) is 0. The van der Waals surface area contributed by atoms with Crippen molar-refractivity contribution in [3.8, 4) is 0 Å². The summed E-state index contributed by atoms with van der Waals surface area (Å²) in [4.78, 5) is 4.01. The Morgan fingerprint density at radius 1 is 1.25 bits per heavy atom. The van der Waals surface area contributed by atoms with Gasteiger partial charge in [0.25, 0.3) is 0 Å². The fourth-order valence-corrected chi connectivity index (χ4v) is 2.23. The molecule has 3 aromatic rings. The zero-order valence-electron chi connectivity index (χ0n) is 11.0. The summed E-state index contributed by atoms with van der Waals surface area (Å²) in [6.07, 6.45) is 4.00. The van der Waals surface area contributed by atoms with Crippen molar-refractivity contribution in [2.24, 2.45) is 5.73 Å². The molecule has 3 rings (SSSR count). The Kier molecular flexibility index (Phi) is 3.31. The highest BCUT2D eigenvalue weighted by Crippen LogP contribution is 2.28. The average molecular weight is 265 g/mol. The molecule has 1 unspecified atom stereocenters. The van der Waals surface area contributed by atoms with Crippen LogP contribution in [0.3, 0.4) is 0 Å². The van der Waals surface area contributed by atoms with Crippen molar-refractivity contribution in [3.05, 3.63) is 66.6 Å². The SMILES string of the molecule is C=C(CC(N)c1ccccc1)c1noc2cnccc12. The van der Waals surface area contributed by atoms with Crippen LogP contribution in [-0.4, -0.2) is 10.1 Å². The monoisotopic (exact) mass is 265 g/mol. The maximum atomic E-state index is 6.21. The molecule has 0 aliphatic heterocycles. The number of hydrogen-bond acceptors (Lipinski definition) is 4. The van der Waals surface area contributed by atoms with E-state index in [9.17, 15) is 0 Å². The lowest BCUT2D eigenvalue weighted by atomic mass is 9.98. The highest BCUT2D eigenvalue weighted by Gasteiger charge is 2.14. The van der Waals surface area contributed by atoms with Gasteiger partial charge in [0, 0.05) is 12.2 Å². The number of hydrogen-bond donors (Lipinski definition) is 1. The highest BCUT2D eigenvalue weighted by molar-refractivity contribution is 5.87. The Labute approximate surface area is 116 Å². The molecular weight excluding hydrogens is 250 g/mol. The van der Waals surface area contributed by atoms with Gasteiger partial charge in [-0.25, -0.2) is 0 Å². The molecule has 0 saturated heterocycles. The first-order chi connectivity index (χ1) is 9.75. The van der Waals surface area contributed by atoms with E-state index in [1.165, 1.54) is 0 Å². The fraction of sp³-hybridized carbons (Fsp3) is 0.125. The predicted molar refractivity (Wildman–Crippen MR) is 78.8 cm³/mol. The van der Waals surface area contributed by atoms with Crippen molar-refractivity contribution in [1.29, 1.82) is 0 Å².